The molecule has 0 saturated heterocycles. The molecule has 0 unspecified atom stereocenters. The molecule has 3 nitrogen and oxygen atoms in total. The molecular weight excluding hydrogens is 318 g/mol. The summed E-state index contributed by atoms with van der Waals surface area (Å²) in [6, 6.07) is 13.7. The van der Waals surface area contributed by atoms with Gasteiger partial charge in [-0.3, -0.25) is 0 Å². The largest absolute Gasteiger partial charge is 0.490 e. The second-order valence-corrected chi connectivity index (χ2v) is 5.15. The number of hydrogen-bond donors (Lipinski definition) is 1. The Kier molecular flexibility index (Phi) is 5.44. The lowest BCUT2D eigenvalue weighted by Gasteiger charge is -2.12. The van der Waals surface area contributed by atoms with E-state index in [1.165, 1.54) is 0 Å². The molecule has 0 aliphatic carbocycles. The van der Waals surface area contributed by atoms with Crippen LogP contribution in [0.2, 0.25) is 0 Å². The Bertz CT molecular complexity index is 572. The van der Waals surface area contributed by atoms with Crippen molar-refractivity contribution in [2.24, 2.45) is 5.73 Å². The van der Waals surface area contributed by atoms with Gasteiger partial charge in [0.05, 0.1) is 6.61 Å². The first-order valence-corrected chi connectivity index (χ1v) is 7.36. The van der Waals surface area contributed by atoms with Crippen LogP contribution in [0.1, 0.15) is 18.1 Å². The van der Waals surface area contributed by atoms with Crippen molar-refractivity contribution in [1.29, 1.82) is 0 Å². The second kappa shape index (κ2) is 7.31. The van der Waals surface area contributed by atoms with Crippen LogP contribution >= 0.6 is 15.9 Å². The maximum absolute atomic E-state index is 5.84. The predicted molar refractivity (Wildman–Crippen MR) is 84.0 cm³/mol. The van der Waals surface area contributed by atoms with Gasteiger partial charge in [-0.2, -0.15) is 0 Å². The van der Waals surface area contributed by atoms with Gasteiger partial charge in [-0.05, 0) is 30.7 Å². The van der Waals surface area contributed by atoms with Gasteiger partial charge in [-0.1, -0.05) is 40.2 Å². The fraction of sp³-hybridized carbons (Fsp3) is 0.250. The summed E-state index contributed by atoms with van der Waals surface area (Å²) < 4.78 is 12.4. The van der Waals surface area contributed by atoms with E-state index in [4.69, 9.17) is 15.2 Å². The third kappa shape index (κ3) is 3.74. The summed E-state index contributed by atoms with van der Waals surface area (Å²) in [5, 5.41) is 0. The molecular formula is C16H18BrNO2. The minimum absolute atomic E-state index is 0.482. The zero-order valence-corrected chi connectivity index (χ0v) is 13.0. The van der Waals surface area contributed by atoms with E-state index >= 15 is 0 Å². The van der Waals surface area contributed by atoms with Crippen molar-refractivity contribution in [3.8, 4) is 11.5 Å². The number of halogens is 1. The monoisotopic (exact) mass is 335 g/mol. The molecule has 0 saturated carbocycles. The molecule has 106 valence electrons. The van der Waals surface area contributed by atoms with Gasteiger partial charge in [0.2, 0.25) is 0 Å². The number of ether oxygens (including phenoxy) is 2. The van der Waals surface area contributed by atoms with Crippen molar-refractivity contribution in [1.82, 2.24) is 0 Å². The van der Waals surface area contributed by atoms with Gasteiger partial charge >= 0.3 is 0 Å². The fourth-order valence-electron chi connectivity index (χ4n) is 1.83. The molecule has 0 radical (unpaired) electrons. The molecule has 0 spiro atoms. The van der Waals surface area contributed by atoms with Crippen LogP contribution in [0.5, 0.6) is 11.5 Å². The minimum Gasteiger partial charge on any atom is -0.490 e. The highest BCUT2D eigenvalue weighted by molar-refractivity contribution is 9.10. The summed E-state index contributed by atoms with van der Waals surface area (Å²) in [4.78, 5) is 0. The van der Waals surface area contributed by atoms with Gasteiger partial charge < -0.3 is 15.2 Å². The number of rotatable bonds is 6. The summed E-state index contributed by atoms with van der Waals surface area (Å²) in [5.74, 6) is 1.52. The molecule has 2 N–H and O–H groups in total. The molecule has 0 atom stereocenters. The van der Waals surface area contributed by atoms with E-state index in [1.54, 1.807) is 0 Å². The van der Waals surface area contributed by atoms with Crippen LogP contribution in [0.4, 0.5) is 0 Å². The lowest BCUT2D eigenvalue weighted by Crippen LogP contribution is -2.01. The molecule has 4 heteroatoms. The van der Waals surface area contributed by atoms with Gasteiger partial charge in [0.15, 0.2) is 11.5 Å². The van der Waals surface area contributed by atoms with Crippen LogP contribution < -0.4 is 15.2 Å². The maximum Gasteiger partial charge on any atom is 0.161 e. The third-order valence-corrected chi connectivity index (χ3v) is 3.62. The first kappa shape index (κ1) is 14.9. The Morgan fingerprint density at radius 3 is 2.35 bits per heavy atom. The molecule has 0 bridgehead atoms. The van der Waals surface area contributed by atoms with E-state index in [1.807, 2.05) is 49.4 Å². The highest BCUT2D eigenvalue weighted by Gasteiger charge is 2.06. The van der Waals surface area contributed by atoms with E-state index in [0.717, 1.165) is 27.1 Å². The van der Waals surface area contributed by atoms with Gasteiger partial charge in [0, 0.05) is 16.6 Å². The number of para-hydroxylation sites is 2. The topological polar surface area (TPSA) is 44.5 Å². The van der Waals surface area contributed by atoms with Crippen LogP contribution in [0.3, 0.4) is 0 Å². The third-order valence-electron chi connectivity index (χ3n) is 2.89. The fourth-order valence-corrected chi connectivity index (χ4v) is 2.38. The van der Waals surface area contributed by atoms with Crippen molar-refractivity contribution in [2.75, 3.05) is 6.61 Å². The van der Waals surface area contributed by atoms with Crippen LogP contribution in [0.15, 0.2) is 46.9 Å². The molecule has 2 rings (SSSR count). The van der Waals surface area contributed by atoms with Gasteiger partial charge in [0.1, 0.15) is 6.61 Å². The second-order valence-electron chi connectivity index (χ2n) is 4.30. The van der Waals surface area contributed by atoms with E-state index < -0.39 is 0 Å². The molecule has 0 aliphatic rings. The van der Waals surface area contributed by atoms with Crippen LogP contribution in [-0.4, -0.2) is 6.61 Å². The summed E-state index contributed by atoms with van der Waals surface area (Å²) in [6.07, 6.45) is 0. The minimum atomic E-state index is 0.482. The van der Waals surface area contributed by atoms with Crippen molar-refractivity contribution in [3.05, 3.63) is 58.1 Å². The van der Waals surface area contributed by atoms with Crippen LogP contribution in [0.25, 0.3) is 0 Å². The predicted octanol–water partition coefficient (Wildman–Crippen LogP) is 3.89. The highest BCUT2D eigenvalue weighted by atomic mass is 79.9. The molecule has 20 heavy (non-hydrogen) atoms. The van der Waals surface area contributed by atoms with Gasteiger partial charge in [0.25, 0.3) is 0 Å². The zero-order chi connectivity index (χ0) is 14.4. The SMILES string of the molecule is CCOc1ccccc1OCc1ccc(CN)cc1Br. The Hall–Kier alpha value is -1.52. The summed E-state index contributed by atoms with van der Waals surface area (Å²) in [5.41, 5.74) is 7.79. The van der Waals surface area contributed by atoms with E-state index in [9.17, 15) is 0 Å². The first-order valence-electron chi connectivity index (χ1n) is 6.56. The number of benzene rings is 2. The van der Waals surface area contributed by atoms with Gasteiger partial charge in [-0.15, -0.1) is 0 Å². The quantitative estimate of drug-likeness (QED) is 0.870. The standard InChI is InChI=1S/C16H18BrNO2/c1-2-19-15-5-3-4-6-16(15)20-11-13-8-7-12(10-18)9-14(13)17/h3-9H,2,10-11,18H2,1H3. The van der Waals surface area contributed by atoms with Crippen molar-refractivity contribution in [2.45, 2.75) is 20.1 Å². The first-order chi connectivity index (χ1) is 9.74. The van der Waals surface area contributed by atoms with Crippen LogP contribution in [-0.2, 0) is 13.2 Å². The Balaban J connectivity index is 2.09. The molecule has 0 heterocycles. The molecule has 2 aromatic rings. The van der Waals surface area contributed by atoms with Crippen molar-refractivity contribution < 1.29 is 9.47 Å². The molecule has 0 aliphatic heterocycles. The average molecular weight is 336 g/mol. The van der Waals surface area contributed by atoms with Crippen molar-refractivity contribution in [3.63, 3.8) is 0 Å². The molecule has 0 aromatic heterocycles. The Morgan fingerprint density at radius 1 is 1.05 bits per heavy atom. The Morgan fingerprint density at radius 2 is 1.75 bits per heavy atom. The highest BCUT2D eigenvalue weighted by Crippen LogP contribution is 2.28. The lowest BCUT2D eigenvalue weighted by atomic mass is 10.1. The zero-order valence-electron chi connectivity index (χ0n) is 11.4. The summed E-state index contributed by atoms with van der Waals surface area (Å²) >= 11 is 3.54. The maximum atomic E-state index is 5.84. The summed E-state index contributed by atoms with van der Waals surface area (Å²) in [7, 11) is 0. The smallest absolute Gasteiger partial charge is 0.161 e. The number of hydrogen-bond acceptors (Lipinski definition) is 3. The van der Waals surface area contributed by atoms with E-state index in [0.29, 0.717) is 19.8 Å². The normalized spacial score (nSPS) is 10.3. The van der Waals surface area contributed by atoms with E-state index in [2.05, 4.69) is 15.9 Å². The van der Waals surface area contributed by atoms with E-state index in [-0.39, 0.29) is 0 Å². The molecule has 0 fully saturated rings. The lowest BCUT2D eigenvalue weighted by molar-refractivity contribution is 0.269. The summed E-state index contributed by atoms with van der Waals surface area (Å²) in [6.45, 7) is 3.59. The van der Waals surface area contributed by atoms with Crippen molar-refractivity contribution >= 4 is 15.9 Å². The van der Waals surface area contributed by atoms with Crippen LogP contribution in [0, 0.1) is 0 Å². The Labute approximate surface area is 127 Å². The average Bonchev–Trinajstić information content (AvgIpc) is 2.47. The molecule has 0 amide bonds. The molecule has 2 aromatic carbocycles. The number of nitrogens with two attached hydrogens (primary N) is 1. The van der Waals surface area contributed by atoms with Gasteiger partial charge in [-0.25, -0.2) is 0 Å².